The summed E-state index contributed by atoms with van der Waals surface area (Å²) in [5.41, 5.74) is 6.77. The summed E-state index contributed by atoms with van der Waals surface area (Å²) in [5.74, 6) is 0.904. The van der Waals surface area contributed by atoms with Crippen molar-refractivity contribution in [2.75, 3.05) is 25.2 Å². The molecule has 1 unspecified atom stereocenters. The van der Waals surface area contributed by atoms with Crippen molar-refractivity contribution in [1.82, 2.24) is 5.32 Å². The zero-order chi connectivity index (χ0) is 18.2. The third-order valence-corrected chi connectivity index (χ3v) is 4.33. The van der Waals surface area contributed by atoms with Gasteiger partial charge < -0.3 is 15.8 Å². The number of benzene rings is 1. The SMILES string of the molecule is CC(C)COc1ccc(CCNC(=O)C(N)CCS(C)(=O)=O)cc1.Cl. The fraction of sp³-hybridized carbons (Fsp3) is 0.588. The summed E-state index contributed by atoms with van der Waals surface area (Å²) in [4.78, 5) is 11.8. The van der Waals surface area contributed by atoms with Crippen LogP contribution in [0.5, 0.6) is 5.75 Å². The maximum absolute atomic E-state index is 11.8. The lowest BCUT2D eigenvalue weighted by Gasteiger charge is -2.12. The van der Waals surface area contributed by atoms with Gasteiger partial charge in [-0.25, -0.2) is 8.42 Å². The van der Waals surface area contributed by atoms with Gasteiger partial charge in [0.15, 0.2) is 0 Å². The van der Waals surface area contributed by atoms with Gasteiger partial charge >= 0.3 is 0 Å². The molecular weight excluding hydrogens is 364 g/mol. The Balaban J connectivity index is 0.00000576. The molecule has 0 aliphatic heterocycles. The molecule has 3 N–H and O–H groups in total. The summed E-state index contributed by atoms with van der Waals surface area (Å²) in [6.07, 6.45) is 1.94. The van der Waals surface area contributed by atoms with Gasteiger partial charge in [0, 0.05) is 12.8 Å². The van der Waals surface area contributed by atoms with Crippen molar-refractivity contribution in [3.63, 3.8) is 0 Å². The smallest absolute Gasteiger partial charge is 0.236 e. The van der Waals surface area contributed by atoms with Crippen molar-refractivity contribution in [2.24, 2.45) is 11.7 Å². The Morgan fingerprint density at radius 1 is 1.24 bits per heavy atom. The Labute approximate surface area is 156 Å². The van der Waals surface area contributed by atoms with Crippen molar-refractivity contribution >= 4 is 28.2 Å². The first-order valence-electron chi connectivity index (χ1n) is 8.10. The Hall–Kier alpha value is -1.31. The lowest BCUT2D eigenvalue weighted by molar-refractivity contribution is -0.122. The van der Waals surface area contributed by atoms with Crippen molar-refractivity contribution < 1.29 is 17.9 Å². The average Bonchev–Trinajstić information content (AvgIpc) is 2.51. The first kappa shape index (κ1) is 23.7. The number of nitrogens with two attached hydrogens (primary N) is 1. The molecule has 0 heterocycles. The molecule has 8 heteroatoms. The van der Waals surface area contributed by atoms with Crippen molar-refractivity contribution in [1.29, 1.82) is 0 Å². The minimum atomic E-state index is -3.10. The molecule has 0 bridgehead atoms. The van der Waals surface area contributed by atoms with Crippen LogP contribution in [0.2, 0.25) is 0 Å². The number of hydrogen-bond acceptors (Lipinski definition) is 5. The van der Waals surface area contributed by atoms with Crippen LogP contribution in [0.15, 0.2) is 24.3 Å². The maximum atomic E-state index is 11.8. The van der Waals surface area contributed by atoms with Crippen LogP contribution in [0.25, 0.3) is 0 Å². The summed E-state index contributed by atoms with van der Waals surface area (Å²) in [5, 5.41) is 2.73. The zero-order valence-corrected chi connectivity index (χ0v) is 16.7. The second-order valence-electron chi connectivity index (χ2n) is 6.41. The number of nitrogens with one attached hydrogen (secondary N) is 1. The Morgan fingerprint density at radius 2 is 1.84 bits per heavy atom. The molecule has 0 saturated carbocycles. The first-order valence-corrected chi connectivity index (χ1v) is 10.2. The number of sulfone groups is 1. The van der Waals surface area contributed by atoms with E-state index in [2.05, 4.69) is 19.2 Å². The van der Waals surface area contributed by atoms with E-state index < -0.39 is 15.9 Å². The van der Waals surface area contributed by atoms with Crippen LogP contribution >= 0.6 is 12.4 Å². The molecule has 6 nitrogen and oxygen atoms in total. The van der Waals surface area contributed by atoms with Crippen molar-refractivity contribution in [3.8, 4) is 5.75 Å². The van der Waals surface area contributed by atoms with E-state index in [1.165, 1.54) is 0 Å². The number of amides is 1. The lowest BCUT2D eigenvalue weighted by atomic mass is 10.1. The summed E-state index contributed by atoms with van der Waals surface area (Å²) in [7, 11) is -3.10. The monoisotopic (exact) mass is 392 g/mol. The molecule has 0 radical (unpaired) electrons. The molecule has 1 rings (SSSR count). The highest BCUT2D eigenvalue weighted by molar-refractivity contribution is 7.90. The van der Waals surface area contributed by atoms with E-state index in [0.29, 0.717) is 25.5 Å². The fourth-order valence-electron chi connectivity index (χ4n) is 1.95. The topological polar surface area (TPSA) is 98.5 Å². The van der Waals surface area contributed by atoms with E-state index in [0.717, 1.165) is 17.6 Å². The Morgan fingerprint density at radius 3 is 2.36 bits per heavy atom. The minimum absolute atomic E-state index is 0. The van der Waals surface area contributed by atoms with Gasteiger partial charge in [0.1, 0.15) is 15.6 Å². The zero-order valence-electron chi connectivity index (χ0n) is 15.0. The van der Waals surface area contributed by atoms with Gasteiger partial charge in [-0.2, -0.15) is 0 Å². The van der Waals surface area contributed by atoms with Crippen LogP contribution in [0.1, 0.15) is 25.8 Å². The van der Waals surface area contributed by atoms with Gasteiger partial charge in [-0.15, -0.1) is 12.4 Å². The molecule has 0 saturated heterocycles. The molecule has 0 fully saturated rings. The summed E-state index contributed by atoms with van der Waals surface area (Å²) in [6.45, 7) is 5.33. The van der Waals surface area contributed by atoms with Gasteiger partial charge in [0.2, 0.25) is 5.91 Å². The highest BCUT2D eigenvalue weighted by Crippen LogP contribution is 2.13. The predicted molar refractivity (Wildman–Crippen MR) is 103 cm³/mol. The van der Waals surface area contributed by atoms with Crippen molar-refractivity contribution in [2.45, 2.75) is 32.7 Å². The quantitative estimate of drug-likeness (QED) is 0.629. The summed E-state index contributed by atoms with van der Waals surface area (Å²) < 4.78 is 27.8. The van der Waals surface area contributed by atoms with Crippen LogP contribution in [0, 0.1) is 5.92 Å². The first-order chi connectivity index (χ1) is 11.2. The average molecular weight is 393 g/mol. The molecule has 1 atom stereocenters. The number of rotatable bonds is 10. The van der Waals surface area contributed by atoms with Gasteiger partial charge in [-0.3, -0.25) is 4.79 Å². The molecule has 0 aromatic heterocycles. The number of hydrogen-bond donors (Lipinski definition) is 2. The Bertz CT molecular complexity index is 618. The molecule has 0 aliphatic rings. The van der Waals surface area contributed by atoms with Crippen LogP contribution in [0.3, 0.4) is 0 Å². The molecule has 0 aliphatic carbocycles. The summed E-state index contributed by atoms with van der Waals surface area (Å²) in [6, 6.07) is 6.96. The normalized spacial score (nSPS) is 12.4. The van der Waals surface area contributed by atoms with E-state index in [4.69, 9.17) is 10.5 Å². The fourth-order valence-corrected chi connectivity index (χ4v) is 2.63. The van der Waals surface area contributed by atoms with Crippen molar-refractivity contribution in [3.05, 3.63) is 29.8 Å². The second-order valence-corrected chi connectivity index (χ2v) is 8.67. The number of carbonyl (C=O) groups excluding carboxylic acids is 1. The molecule has 1 aromatic rings. The molecule has 25 heavy (non-hydrogen) atoms. The summed E-state index contributed by atoms with van der Waals surface area (Å²) >= 11 is 0. The van der Waals surface area contributed by atoms with Crippen LogP contribution in [0.4, 0.5) is 0 Å². The van der Waals surface area contributed by atoms with E-state index in [1.807, 2.05) is 24.3 Å². The van der Waals surface area contributed by atoms with E-state index in [1.54, 1.807) is 0 Å². The minimum Gasteiger partial charge on any atom is -0.493 e. The molecule has 1 aromatic carbocycles. The van der Waals surface area contributed by atoms with E-state index >= 15 is 0 Å². The lowest BCUT2D eigenvalue weighted by Crippen LogP contribution is -2.42. The van der Waals surface area contributed by atoms with Gasteiger partial charge in [-0.1, -0.05) is 26.0 Å². The molecule has 1 amide bonds. The third-order valence-electron chi connectivity index (χ3n) is 3.36. The molecule has 144 valence electrons. The number of carbonyl (C=O) groups is 1. The largest absolute Gasteiger partial charge is 0.493 e. The van der Waals surface area contributed by atoms with Gasteiger partial charge in [0.05, 0.1) is 18.4 Å². The van der Waals surface area contributed by atoms with Crippen LogP contribution in [-0.4, -0.2) is 45.5 Å². The molecule has 0 spiro atoms. The Kier molecular flexibility index (Phi) is 10.7. The van der Waals surface area contributed by atoms with Crippen LogP contribution in [-0.2, 0) is 21.1 Å². The third kappa shape index (κ3) is 11.0. The molecular formula is C17H29ClN2O4S. The highest BCUT2D eigenvalue weighted by Gasteiger charge is 2.15. The maximum Gasteiger partial charge on any atom is 0.236 e. The van der Waals surface area contributed by atoms with Gasteiger partial charge in [0.25, 0.3) is 0 Å². The van der Waals surface area contributed by atoms with Crippen LogP contribution < -0.4 is 15.8 Å². The predicted octanol–water partition coefficient (Wildman–Crippen LogP) is 1.56. The van der Waals surface area contributed by atoms with E-state index in [-0.39, 0.29) is 30.5 Å². The standard InChI is InChI=1S/C17H28N2O4S.ClH/c1-13(2)12-23-15-6-4-14(5-7-15)8-10-19-17(20)16(18)9-11-24(3,21)22;/h4-7,13,16H,8-12,18H2,1-3H3,(H,19,20);1H. The highest BCUT2D eigenvalue weighted by atomic mass is 35.5. The number of halogens is 1. The van der Waals surface area contributed by atoms with Gasteiger partial charge in [-0.05, 0) is 36.5 Å². The van der Waals surface area contributed by atoms with E-state index in [9.17, 15) is 13.2 Å². The second kappa shape index (κ2) is 11.3. The number of ether oxygens (including phenoxy) is 1.